The molecule has 18 heavy (non-hydrogen) atoms. The number of carbonyl (C=O) groups is 1. The predicted octanol–water partition coefficient (Wildman–Crippen LogP) is 2.66. The molecule has 5 heteroatoms. The Morgan fingerprint density at radius 1 is 1.44 bits per heavy atom. The summed E-state index contributed by atoms with van der Waals surface area (Å²) in [5.41, 5.74) is 4.89. The smallest absolute Gasteiger partial charge is 0.251 e. The molecule has 0 aliphatic heterocycles. The molecule has 1 amide bonds. The molecule has 3 N–H and O–H groups in total. The molecule has 0 heterocycles. The van der Waals surface area contributed by atoms with Crippen LogP contribution in [0, 0.1) is 17.6 Å². The third-order valence-electron chi connectivity index (χ3n) is 3.29. The summed E-state index contributed by atoms with van der Waals surface area (Å²) in [6.07, 6.45) is 3.10. The maximum atomic E-state index is 13.6. The van der Waals surface area contributed by atoms with Crippen molar-refractivity contribution in [1.82, 2.24) is 0 Å². The molecule has 0 saturated heterocycles. The van der Waals surface area contributed by atoms with Gasteiger partial charge in [-0.1, -0.05) is 6.92 Å². The normalized spacial score (nSPS) is 16.4. The van der Waals surface area contributed by atoms with Gasteiger partial charge in [0.05, 0.1) is 11.3 Å². The van der Waals surface area contributed by atoms with E-state index in [0.717, 1.165) is 25.3 Å². The van der Waals surface area contributed by atoms with E-state index in [1.165, 1.54) is 0 Å². The van der Waals surface area contributed by atoms with Crippen molar-refractivity contribution in [3.05, 3.63) is 29.3 Å². The van der Waals surface area contributed by atoms with E-state index in [2.05, 4.69) is 5.32 Å². The average Bonchev–Trinajstić information content (AvgIpc) is 3.11. The highest BCUT2D eigenvalue weighted by Gasteiger charge is 2.30. The van der Waals surface area contributed by atoms with E-state index in [4.69, 9.17) is 5.73 Å². The van der Waals surface area contributed by atoms with E-state index in [1.54, 1.807) is 0 Å². The van der Waals surface area contributed by atoms with Gasteiger partial charge in [0.2, 0.25) is 0 Å². The second-order valence-electron chi connectivity index (χ2n) is 4.67. The highest BCUT2D eigenvalue weighted by molar-refractivity contribution is 5.94. The molecule has 1 unspecified atom stereocenters. The molecular weight excluding hydrogens is 238 g/mol. The summed E-state index contributed by atoms with van der Waals surface area (Å²) in [6.45, 7) is 2.01. The monoisotopic (exact) mass is 254 g/mol. The first-order valence-corrected chi connectivity index (χ1v) is 6.08. The van der Waals surface area contributed by atoms with Crippen LogP contribution in [0.5, 0.6) is 0 Å². The number of rotatable bonds is 5. The second-order valence-corrected chi connectivity index (χ2v) is 4.67. The summed E-state index contributed by atoms with van der Waals surface area (Å²) >= 11 is 0. The Kier molecular flexibility index (Phi) is 3.50. The van der Waals surface area contributed by atoms with Gasteiger partial charge in [0.15, 0.2) is 0 Å². The lowest BCUT2D eigenvalue weighted by molar-refractivity contribution is 0.0996. The summed E-state index contributed by atoms with van der Waals surface area (Å²) in [5, 5.41) is 3.03. The fraction of sp³-hybridized carbons (Fsp3) is 0.462. The summed E-state index contributed by atoms with van der Waals surface area (Å²) in [5.74, 6) is -1.98. The topological polar surface area (TPSA) is 55.1 Å². The van der Waals surface area contributed by atoms with Crippen LogP contribution in [-0.2, 0) is 0 Å². The van der Waals surface area contributed by atoms with E-state index >= 15 is 0 Å². The van der Waals surface area contributed by atoms with Crippen LogP contribution in [0.15, 0.2) is 12.1 Å². The van der Waals surface area contributed by atoms with E-state index in [9.17, 15) is 13.6 Å². The quantitative estimate of drug-likeness (QED) is 0.848. The lowest BCUT2D eigenvalue weighted by Gasteiger charge is -2.18. The average molecular weight is 254 g/mol. The van der Waals surface area contributed by atoms with Crippen LogP contribution < -0.4 is 11.1 Å². The van der Waals surface area contributed by atoms with Gasteiger partial charge in [-0.05, 0) is 31.2 Å². The van der Waals surface area contributed by atoms with E-state index in [-0.39, 0.29) is 17.3 Å². The minimum Gasteiger partial charge on any atom is -0.380 e. The van der Waals surface area contributed by atoms with Crippen LogP contribution in [0.1, 0.15) is 36.5 Å². The molecule has 98 valence electrons. The van der Waals surface area contributed by atoms with Crippen LogP contribution in [-0.4, -0.2) is 11.9 Å². The first-order chi connectivity index (χ1) is 8.52. The number of primary amides is 1. The minimum absolute atomic E-state index is 0.143. The van der Waals surface area contributed by atoms with Gasteiger partial charge in [0.25, 0.3) is 5.91 Å². The Morgan fingerprint density at radius 3 is 2.61 bits per heavy atom. The van der Waals surface area contributed by atoms with Crippen molar-refractivity contribution in [3.63, 3.8) is 0 Å². The van der Waals surface area contributed by atoms with Crippen molar-refractivity contribution in [1.29, 1.82) is 0 Å². The van der Waals surface area contributed by atoms with Gasteiger partial charge in [0.1, 0.15) is 11.6 Å². The highest BCUT2D eigenvalue weighted by atomic mass is 19.1. The van der Waals surface area contributed by atoms with E-state index in [0.29, 0.717) is 12.0 Å². The number of halogens is 2. The summed E-state index contributed by atoms with van der Waals surface area (Å²) in [6, 6.07) is 2.01. The van der Waals surface area contributed by atoms with Crippen molar-refractivity contribution in [3.8, 4) is 0 Å². The van der Waals surface area contributed by atoms with Crippen molar-refractivity contribution in [2.45, 2.75) is 32.2 Å². The molecule has 0 bridgehead atoms. The Balaban J connectivity index is 2.26. The highest BCUT2D eigenvalue weighted by Crippen LogP contribution is 2.36. The lowest BCUT2D eigenvalue weighted by Crippen LogP contribution is -2.22. The van der Waals surface area contributed by atoms with Gasteiger partial charge >= 0.3 is 0 Å². The first kappa shape index (κ1) is 12.8. The molecule has 1 saturated carbocycles. The van der Waals surface area contributed by atoms with Crippen LogP contribution in [0.3, 0.4) is 0 Å². The third kappa shape index (κ3) is 2.60. The molecule has 1 aliphatic rings. The molecule has 1 atom stereocenters. The Labute approximate surface area is 104 Å². The molecule has 1 aliphatic carbocycles. The number of benzene rings is 1. The summed E-state index contributed by atoms with van der Waals surface area (Å²) in [4.78, 5) is 11.0. The molecule has 3 nitrogen and oxygen atoms in total. The standard InChI is InChI=1S/C13H16F2N2O/c1-2-11(7-3-4-7)17-12-5-8(13(16)18)9(14)6-10(12)15/h5-7,11,17H,2-4H2,1H3,(H2,16,18). The van der Waals surface area contributed by atoms with Gasteiger partial charge in [-0.2, -0.15) is 0 Å². The van der Waals surface area contributed by atoms with Gasteiger partial charge < -0.3 is 11.1 Å². The Bertz CT molecular complexity index is 472. The van der Waals surface area contributed by atoms with Gasteiger partial charge in [-0.15, -0.1) is 0 Å². The molecule has 1 aromatic rings. The number of nitrogens with one attached hydrogen (secondary N) is 1. The largest absolute Gasteiger partial charge is 0.380 e. The number of hydrogen-bond donors (Lipinski definition) is 2. The third-order valence-corrected chi connectivity index (χ3v) is 3.29. The second kappa shape index (κ2) is 4.92. The van der Waals surface area contributed by atoms with Crippen LogP contribution in [0.4, 0.5) is 14.5 Å². The SMILES string of the molecule is CCC(Nc1cc(C(N)=O)c(F)cc1F)C1CC1. The van der Waals surface area contributed by atoms with Crippen molar-refractivity contribution < 1.29 is 13.6 Å². The zero-order chi connectivity index (χ0) is 13.3. The molecule has 0 aromatic heterocycles. The molecule has 0 spiro atoms. The van der Waals surface area contributed by atoms with E-state index in [1.807, 2.05) is 6.92 Å². The summed E-state index contributed by atoms with van der Waals surface area (Å²) < 4.78 is 26.9. The lowest BCUT2D eigenvalue weighted by atomic mass is 10.1. The predicted molar refractivity (Wildman–Crippen MR) is 65.3 cm³/mol. The number of nitrogens with two attached hydrogens (primary N) is 1. The maximum absolute atomic E-state index is 13.6. The van der Waals surface area contributed by atoms with Crippen LogP contribution >= 0.6 is 0 Å². The van der Waals surface area contributed by atoms with E-state index < -0.39 is 17.5 Å². The zero-order valence-electron chi connectivity index (χ0n) is 10.2. The van der Waals surface area contributed by atoms with Crippen LogP contribution in [0.2, 0.25) is 0 Å². The van der Waals surface area contributed by atoms with Crippen LogP contribution in [0.25, 0.3) is 0 Å². The molecular formula is C13H16F2N2O. The Morgan fingerprint density at radius 2 is 2.11 bits per heavy atom. The molecule has 1 fully saturated rings. The Hall–Kier alpha value is -1.65. The van der Waals surface area contributed by atoms with Crippen molar-refractivity contribution >= 4 is 11.6 Å². The number of anilines is 1. The van der Waals surface area contributed by atoms with Crippen molar-refractivity contribution in [2.24, 2.45) is 11.7 Å². The molecule has 1 aromatic carbocycles. The summed E-state index contributed by atoms with van der Waals surface area (Å²) in [7, 11) is 0. The fourth-order valence-corrected chi connectivity index (χ4v) is 2.10. The number of carbonyl (C=O) groups excluding carboxylic acids is 1. The maximum Gasteiger partial charge on any atom is 0.251 e. The number of hydrogen-bond acceptors (Lipinski definition) is 2. The van der Waals surface area contributed by atoms with Gasteiger partial charge in [-0.3, -0.25) is 4.79 Å². The zero-order valence-corrected chi connectivity index (χ0v) is 10.2. The van der Waals surface area contributed by atoms with Gasteiger partial charge in [-0.25, -0.2) is 8.78 Å². The molecule has 0 radical (unpaired) electrons. The fourth-order valence-electron chi connectivity index (χ4n) is 2.10. The number of amides is 1. The molecule has 2 rings (SSSR count). The van der Waals surface area contributed by atoms with Crippen molar-refractivity contribution in [2.75, 3.05) is 5.32 Å². The minimum atomic E-state index is -0.926. The first-order valence-electron chi connectivity index (χ1n) is 6.08. The van der Waals surface area contributed by atoms with Gasteiger partial charge in [0, 0.05) is 12.1 Å².